The minimum atomic E-state index is 0.0645. The highest BCUT2D eigenvalue weighted by Gasteiger charge is 2.22. The van der Waals surface area contributed by atoms with Crippen molar-refractivity contribution in [3.05, 3.63) is 50.3 Å². The molecule has 0 amide bonds. The molecule has 0 fully saturated rings. The first-order valence-corrected chi connectivity index (χ1v) is 7.77. The summed E-state index contributed by atoms with van der Waals surface area (Å²) in [5.74, 6) is 0. The molecule has 1 unspecified atom stereocenters. The van der Waals surface area contributed by atoms with Crippen molar-refractivity contribution in [1.29, 1.82) is 0 Å². The van der Waals surface area contributed by atoms with E-state index in [2.05, 4.69) is 58.1 Å². The van der Waals surface area contributed by atoms with E-state index >= 15 is 0 Å². The highest BCUT2D eigenvalue weighted by Crippen LogP contribution is 2.30. The highest BCUT2D eigenvalue weighted by atomic mass is 127. The zero-order valence-electron chi connectivity index (χ0n) is 11.0. The molecule has 0 bridgehead atoms. The minimum Gasteiger partial charge on any atom is -0.308 e. The van der Waals surface area contributed by atoms with Gasteiger partial charge in [-0.25, -0.2) is 0 Å². The molecule has 2 rings (SSSR count). The Labute approximate surface area is 132 Å². The van der Waals surface area contributed by atoms with Crippen molar-refractivity contribution >= 4 is 34.2 Å². The quantitative estimate of drug-likeness (QED) is 0.787. The molecule has 3 nitrogen and oxygen atoms in total. The molecule has 0 saturated heterocycles. The summed E-state index contributed by atoms with van der Waals surface area (Å²) in [7, 11) is 1.95. The van der Waals surface area contributed by atoms with E-state index in [0.29, 0.717) is 5.02 Å². The fourth-order valence-corrected chi connectivity index (χ4v) is 3.15. The van der Waals surface area contributed by atoms with Crippen LogP contribution in [0.4, 0.5) is 0 Å². The normalized spacial score (nSPS) is 12.6. The topological polar surface area (TPSA) is 29.9 Å². The van der Waals surface area contributed by atoms with Gasteiger partial charge in [-0.05, 0) is 47.7 Å². The van der Waals surface area contributed by atoms with Crippen molar-refractivity contribution in [2.75, 3.05) is 7.05 Å². The van der Waals surface area contributed by atoms with E-state index in [1.807, 2.05) is 17.8 Å². The summed E-state index contributed by atoms with van der Waals surface area (Å²) in [5.41, 5.74) is 2.26. The Balaban J connectivity index is 2.48. The molecule has 2 aromatic rings. The second-order valence-corrected chi connectivity index (χ2v) is 5.91. The Kier molecular flexibility index (Phi) is 5.24. The third-order valence-electron chi connectivity index (χ3n) is 3.05. The molecule has 5 heteroatoms. The second kappa shape index (κ2) is 6.72. The van der Waals surface area contributed by atoms with Crippen LogP contribution in [-0.4, -0.2) is 16.8 Å². The zero-order valence-corrected chi connectivity index (χ0v) is 13.9. The molecule has 19 heavy (non-hydrogen) atoms. The summed E-state index contributed by atoms with van der Waals surface area (Å²) in [5, 5.41) is 8.44. The third kappa shape index (κ3) is 3.12. The zero-order chi connectivity index (χ0) is 13.8. The van der Waals surface area contributed by atoms with Crippen LogP contribution in [0, 0.1) is 3.57 Å². The van der Waals surface area contributed by atoms with Crippen LogP contribution in [0.5, 0.6) is 0 Å². The summed E-state index contributed by atoms with van der Waals surface area (Å²) in [6.07, 6.45) is 2.76. The average Bonchev–Trinajstić information content (AvgIpc) is 2.75. The SMILES string of the molecule is CCCn1ncc(Cl)c1C(NC)c1ccccc1I. The van der Waals surface area contributed by atoms with Gasteiger partial charge in [0.15, 0.2) is 0 Å². The van der Waals surface area contributed by atoms with E-state index in [4.69, 9.17) is 11.6 Å². The van der Waals surface area contributed by atoms with Gasteiger partial charge in [-0.15, -0.1) is 0 Å². The number of nitrogens with one attached hydrogen (secondary N) is 1. The Morgan fingerprint density at radius 1 is 1.42 bits per heavy atom. The predicted molar refractivity (Wildman–Crippen MR) is 87.6 cm³/mol. The number of halogens is 2. The highest BCUT2D eigenvalue weighted by molar-refractivity contribution is 14.1. The largest absolute Gasteiger partial charge is 0.308 e. The van der Waals surface area contributed by atoms with Crippen molar-refractivity contribution in [1.82, 2.24) is 15.1 Å². The van der Waals surface area contributed by atoms with Crippen molar-refractivity contribution in [2.45, 2.75) is 25.9 Å². The van der Waals surface area contributed by atoms with Gasteiger partial charge in [0.25, 0.3) is 0 Å². The number of aromatic nitrogens is 2. The fraction of sp³-hybridized carbons (Fsp3) is 0.357. The second-order valence-electron chi connectivity index (χ2n) is 4.34. The van der Waals surface area contributed by atoms with Crippen molar-refractivity contribution in [3.8, 4) is 0 Å². The molecular weight excluding hydrogens is 373 g/mol. The van der Waals surface area contributed by atoms with Crippen molar-refractivity contribution in [2.24, 2.45) is 0 Å². The van der Waals surface area contributed by atoms with Crippen molar-refractivity contribution in [3.63, 3.8) is 0 Å². The summed E-state index contributed by atoms with van der Waals surface area (Å²) in [6.45, 7) is 3.02. The first-order chi connectivity index (χ1) is 9.19. The lowest BCUT2D eigenvalue weighted by molar-refractivity contribution is 0.534. The summed E-state index contributed by atoms with van der Waals surface area (Å²) >= 11 is 8.69. The lowest BCUT2D eigenvalue weighted by Gasteiger charge is -2.20. The van der Waals surface area contributed by atoms with E-state index in [1.54, 1.807) is 6.20 Å². The molecule has 0 spiro atoms. The van der Waals surface area contributed by atoms with Gasteiger partial charge in [-0.1, -0.05) is 36.7 Å². The number of aryl methyl sites for hydroxylation is 1. The van der Waals surface area contributed by atoms with Gasteiger partial charge in [-0.3, -0.25) is 4.68 Å². The van der Waals surface area contributed by atoms with Crippen LogP contribution in [0.25, 0.3) is 0 Å². The van der Waals surface area contributed by atoms with E-state index in [1.165, 1.54) is 9.13 Å². The first-order valence-electron chi connectivity index (χ1n) is 6.32. The monoisotopic (exact) mass is 389 g/mol. The van der Waals surface area contributed by atoms with Crippen LogP contribution in [0.15, 0.2) is 30.5 Å². The number of nitrogens with zero attached hydrogens (tertiary/aromatic N) is 2. The van der Waals surface area contributed by atoms with Crippen molar-refractivity contribution < 1.29 is 0 Å². The van der Waals surface area contributed by atoms with Gasteiger partial charge in [0, 0.05) is 10.1 Å². The van der Waals surface area contributed by atoms with Gasteiger partial charge >= 0.3 is 0 Å². The van der Waals surface area contributed by atoms with Crippen LogP contribution >= 0.6 is 34.2 Å². The van der Waals surface area contributed by atoms with Gasteiger partial charge < -0.3 is 5.32 Å². The molecule has 1 N–H and O–H groups in total. The van der Waals surface area contributed by atoms with Gasteiger partial charge in [0.05, 0.1) is 23.0 Å². The molecule has 1 heterocycles. The van der Waals surface area contributed by atoms with Gasteiger partial charge in [-0.2, -0.15) is 5.10 Å². The summed E-state index contributed by atoms with van der Waals surface area (Å²) in [6, 6.07) is 8.39. The Morgan fingerprint density at radius 3 is 2.79 bits per heavy atom. The lowest BCUT2D eigenvalue weighted by Crippen LogP contribution is -2.23. The molecule has 1 atom stereocenters. The molecular formula is C14H17ClIN3. The summed E-state index contributed by atoms with van der Waals surface area (Å²) in [4.78, 5) is 0. The van der Waals surface area contributed by atoms with Crippen LogP contribution < -0.4 is 5.32 Å². The average molecular weight is 390 g/mol. The Hall–Kier alpha value is -0.590. The summed E-state index contributed by atoms with van der Waals surface area (Å²) < 4.78 is 3.21. The van der Waals surface area contributed by atoms with Crippen LogP contribution in [0.2, 0.25) is 5.02 Å². The first kappa shape index (κ1) is 14.8. The van der Waals surface area contributed by atoms with E-state index in [9.17, 15) is 0 Å². The van der Waals surface area contributed by atoms with Gasteiger partial charge in [0.2, 0.25) is 0 Å². The molecule has 1 aromatic carbocycles. The van der Waals surface area contributed by atoms with E-state index in [0.717, 1.165) is 18.7 Å². The number of benzene rings is 1. The third-order valence-corrected chi connectivity index (χ3v) is 4.32. The molecule has 1 aromatic heterocycles. The molecule has 102 valence electrons. The molecule has 0 aliphatic carbocycles. The van der Waals surface area contributed by atoms with Crippen LogP contribution in [0.1, 0.15) is 30.6 Å². The molecule has 0 aliphatic rings. The smallest absolute Gasteiger partial charge is 0.0837 e. The number of hydrogen-bond acceptors (Lipinski definition) is 2. The van der Waals surface area contributed by atoms with E-state index in [-0.39, 0.29) is 6.04 Å². The fourth-order valence-electron chi connectivity index (χ4n) is 2.20. The number of rotatable bonds is 5. The standard InChI is InChI=1S/C14H17ClIN3/c1-3-8-19-14(11(15)9-18-19)13(17-2)10-6-4-5-7-12(10)16/h4-7,9,13,17H,3,8H2,1-2H3. The predicted octanol–water partition coefficient (Wildman–Crippen LogP) is 3.86. The van der Waals surface area contributed by atoms with E-state index < -0.39 is 0 Å². The van der Waals surface area contributed by atoms with Crippen LogP contribution in [-0.2, 0) is 6.54 Å². The molecule has 0 radical (unpaired) electrons. The number of hydrogen-bond donors (Lipinski definition) is 1. The molecule has 0 aliphatic heterocycles. The maximum Gasteiger partial charge on any atom is 0.0837 e. The maximum absolute atomic E-state index is 6.33. The Morgan fingerprint density at radius 2 is 2.16 bits per heavy atom. The lowest BCUT2D eigenvalue weighted by atomic mass is 10.0. The van der Waals surface area contributed by atoms with Crippen LogP contribution in [0.3, 0.4) is 0 Å². The van der Waals surface area contributed by atoms with Gasteiger partial charge in [0.1, 0.15) is 0 Å². The minimum absolute atomic E-state index is 0.0645. The molecule has 0 saturated carbocycles. The Bertz CT molecular complexity index is 553. The maximum atomic E-state index is 6.33.